The Bertz CT molecular complexity index is 440. The topological polar surface area (TPSA) is 72.9 Å². The predicted molar refractivity (Wildman–Crippen MR) is 71.8 cm³/mol. The smallest absolute Gasteiger partial charge is 0.227 e. The molecule has 0 radical (unpaired) electrons. The summed E-state index contributed by atoms with van der Waals surface area (Å²) in [7, 11) is 1.87. The highest BCUT2D eigenvalue weighted by Crippen LogP contribution is 2.28. The molecule has 1 heterocycles. The minimum atomic E-state index is -0.622. The maximum atomic E-state index is 12.2. The fraction of sp³-hybridized carbons (Fsp3) is 0.692. The Morgan fingerprint density at radius 2 is 2.00 bits per heavy atom. The van der Waals surface area contributed by atoms with Gasteiger partial charge in [0.2, 0.25) is 5.91 Å². The van der Waals surface area contributed by atoms with Gasteiger partial charge in [-0.3, -0.25) is 9.48 Å². The van der Waals surface area contributed by atoms with Crippen molar-refractivity contribution in [2.45, 2.75) is 46.7 Å². The van der Waals surface area contributed by atoms with Crippen molar-refractivity contribution in [3.05, 3.63) is 17.5 Å². The van der Waals surface area contributed by atoms with E-state index in [9.17, 15) is 4.79 Å². The van der Waals surface area contributed by atoms with Crippen molar-refractivity contribution in [3.8, 4) is 0 Å². The largest absolute Gasteiger partial charge is 0.351 e. The molecule has 5 nitrogen and oxygen atoms in total. The quantitative estimate of drug-likeness (QED) is 0.843. The number of hydrogen-bond donors (Lipinski definition) is 2. The van der Waals surface area contributed by atoms with E-state index in [2.05, 4.69) is 10.4 Å². The molecule has 18 heavy (non-hydrogen) atoms. The molecular formula is C13H24N4O. The first-order valence-corrected chi connectivity index (χ1v) is 6.12. The van der Waals surface area contributed by atoms with Crippen molar-refractivity contribution in [3.63, 3.8) is 0 Å². The lowest BCUT2D eigenvalue weighted by Crippen LogP contribution is -2.55. The normalized spacial score (nSPS) is 12.6. The number of nitrogens with zero attached hydrogens (tertiary/aromatic N) is 2. The molecule has 0 aromatic carbocycles. The van der Waals surface area contributed by atoms with Crippen LogP contribution in [0.4, 0.5) is 0 Å². The summed E-state index contributed by atoms with van der Waals surface area (Å²) in [5, 5.41) is 7.17. The van der Waals surface area contributed by atoms with Crippen molar-refractivity contribution in [1.82, 2.24) is 15.1 Å². The molecule has 5 heteroatoms. The minimum absolute atomic E-state index is 0.0433. The van der Waals surface area contributed by atoms with E-state index in [4.69, 9.17) is 5.73 Å². The first-order valence-electron chi connectivity index (χ1n) is 6.12. The summed E-state index contributed by atoms with van der Waals surface area (Å²) in [6.07, 6.45) is 1.91. The molecular weight excluding hydrogens is 228 g/mol. The summed E-state index contributed by atoms with van der Waals surface area (Å²) in [6, 6.07) is 0. The van der Waals surface area contributed by atoms with Crippen LogP contribution in [0.5, 0.6) is 0 Å². The monoisotopic (exact) mass is 252 g/mol. The molecule has 0 spiro atoms. The fourth-order valence-electron chi connectivity index (χ4n) is 1.51. The number of nitrogens with two attached hydrogens (primary N) is 1. The van der Waals surface area contributed by atoms with Gasteiger partial charge in [-0.15, -0.1) is 0 Å². The van der Waals surface area contributed by atoms with E-state index >= 15 is 0 Å². The zero-order valence-corrected chi connectivity index (χ0v) is 12.2. The average Bonchev–Trinajstić information content (AvgIpc) is 2.52. The Balaban J connectivity index is 2.70. The van der Waals surface area contributed by atoms with Gasteiger partial charge < -0.3 is 11.1 Å². The van der Waals surface area contributed by atoms with Gasteiger partial charge in [0.25, 0.3) is 0 Å². The van der Waals surface area contributed by atoms with Crippen LogP contribution in [0.2, 0.25) is 0 Å². The van der Waals surface area contributed by atoms with Crippen LogP contribution in [-0.4, -0.2) is 21.2 Å². The van der Waals surface area contributed by atoms with Crippen molar-refractivity contribution < 1.29 is 4.79 Å². The summed E-state index contributed by atoms with van der Waals surface area (Å²) < 4.78 is 1.74. The second kappa shape index (κ2) is 4.72. The van der Waals surface area contributed by atoms with Crippen LogP contribution in [0.15, 0.2) is 6.20 Å². The molecule has 0 saturated heterocycles. The van der Waals surface area contributed by atoms with Gasteiger partial charge in [0.15, 0.2) is 0 Å². The van der Waals surface area contributed by atoms with Crippen molar-refractivity contribution in [2.75, 3.05) is 0 Å². The van der Waals surface area contributed by atoms with Crippen molar-refractivity contribution >= 4 is 5.91 Å². The van der Waals surface area contributed by atoms with Crippen LogP contribution in [-0.2, 0) is 18.4 Å². The number of aryl methyl sites for hydroxylation is 2. The third-order valence-electron chi connectivity index (χ3n) is 3.73. The Labute approximate surface area is 109 Å². The van der Waals surface area contributed by atoms with Crippen molar-refractivity contribution in [1.29, 1.82) is 0 Å². The van der Waals surface area contributed by atoms with Gasteiger partial charge in [0.05, 0.1) is 11.1 Å². The minimum Gasteiger partial charge on any atom is -0.351 e. The number of hydrogen-bond acceptors (Lipinski definition) is 3. The SMILES string of the molecule is Cc1nn(C)cc1CNC(=O)C(C)(C)C(C)(C)N. The highest BCUT2D eigenvalue weighted by Gasteiger charge is 2.40. The number of amides is 1. The highest BCUT2D eigenvalue weighted by molar-refractivity contribution is 5.83. The highest BCUT2D eigenvalue weighted by atomic mass is 16.2. The second-order valence-electron chi connectivity index (χ2n) is 5.94. The molecule has 1 amide bonds. The third kappa shape index (κ3) is 2.90. The molecule has 0 unspecified atom stereocenters. The van der Waals surface area contributed by atoms with Crippen LogP contribution < -0.4 is 11.1 Å². The van der Waals surface area contributed by atoms with Crippen LogP contribution in [0.25, 0.3) is 0 Å². The van der Waals surface area contributed by atoms with E-state index in [0.29, 0.717) is 6.54 Å². The molecule has 0 atom stereocenters. The van der Waals surface area contributed by atoms with Crippen LogP contribution >= 0.6 is 0 Å². The molecule has 0 aliphatic rings. The second-order valence-corrected chi connectivity index (χ2v) is 5.94. The zero-order valence-electron chi connectivity index (χ0n) is 12.2. The maximum absolute atomic E-state index is 12.2. The molecule has 1 aromatic heterocycles. The lowest BCUT2D eigenvalue weighted by molar-refractivity contribution is -0.132. The van der Waals surface area contributed by atoms with Gasteiger partial charge in [-0.05, 0) is 34.6 Å². The summed E-state index contributed by atoms with van der Waals surface area (Å²) in [4.78, 5) is 12.2. The predicted octanol–water partition coefficient (Wildman–Crippen LogP) is 1.11. The average molecular weight is 252 g/mol. The standard InChI is InChI=1S/C13H24N4O/c1-9-10(8-17(6)16-9)7-15-11(18)12(2,3)13(4,5)14/h8H,7,14H2,1-6H3,(H,15,18). The van der Waals surface area contributed by atoms with Gasteiger partial charge in [-0.2, -0.15) is 5.10 Å². The summed E-state index contributed by atoms with van der Waals surface area (Å²) >= 11 is 0. The first-order chi connectivity index (χ1) is 8.05. The van der Waals surface area contributed by atoms with Crippen LogP contribution in [0.1, 0.15) is 39.0 Å². The molecule has 3 N–H and O–H groups in total. The van der Waals surface area contributed by atoms with Gasteiger partial charge in [-0.1, -0.05) is 0 Å². The summed E-state index contributed by atoms with van der Waals surface area (Å²) in [6.45, 7) is 9.86. The van der Waals surface area contributed by atoms with E-state index in [1.807, 2.05) is 47.9 Å². The summed E-state index contributed by atoms with van der Waals surface area (Å²) in [5.74, 6) is -0.0433. The maximum Gasteiger partial charge on any atom is 0.227 e. The van der Waals surface area contributed by atoms with E-state index in [1.54, 1.807) is 4.68 Å². The van der Waals surface area contributed by atoms with Crippen molar-refractivity contribution in [2.24, 2.45) is 18.2 Å². The van der Waals surface area contributed by atoms with Crippen LogP contribution in [0, 0.1) is 12.3 Å². The number of carbonyl (C=O) groups excluding carboxylic acids is 1. The number of carbonyl (C=O) groups is 1. The molecule has 0 fully saturated rings. The van der Waals surface area contributed by atoms with Gasteiger partial charge in [0.1, 0.15) is 0 Å². The van der Waals surface area contributed by atoms with Gasteiger partial charge in [-0.25, -0.2) is 0 Å². The lowest BCUT2D eigenvalue weighted by atomic mass is 9.74. The number of nitrogens with one attached hydrogen (secondary N) is 1. The first kappa shape index (κ1) is 14.7. The van der Waals surface area contributed by atoms with Gasteiger partial charge in [0, 0.05) is 30.9 Å². The third-order valence-corrected chi connectivity index (χ3v) is 3.73. The molecule has 0 bridgehead atoms. The van der Waals surface area contributed by atoms with Crippen LogP contribution in [0.3, 0.4) is 0 Å². The molecule has 0 aliphatic heterocycles. The Kier molecular flexibility index (Phi) is 3.86. The Hall–Kier alpha value is -1.36. The molecule has 0 saturated carbocycles. The molecule has 102 valence electrons. The van der Waals surface area contributed by atoms with E-state index < -0.39 is 11.0 Å². The molecule has 0 aliphatic carbocycles. The zero-order chi connectivity index (χ0) is 14.1. The summed E-state index contributed by atoms with van der Waals surface area (Å²) in [5.41, 5.74) is 6.81. The lowest BCUT2D eigenvalue weighted by Gasteiger charge is -2.36. The van der Waals surface area contributed by atoms with E-state index in [0.717, 1.165) is 11.3 Å². The Morgan fingerprint density at radius 1 is 1.44 bits per heavy atom. The van der Waals surface area contributed by atoms with E-state index in [1.165, 1.54) is 0 Å². The number of aromatic nitrogens is 2. The molecule has 1 aromatic rings. The fourth-order valence-corrected chi connectivity index (χ4v) is 1.51. The Morgan fingerprint density at radius 3 is 2.39 bits per heavy atom. The van der Waals surface area contributed by atoms with E-state index in [-0.39, 0.29) is 5.91 Å². The van der Waals surface area contributed by atoms with Gasteiger partial charge >= 0.3 is 0 Å². The number of rotatable bonds is 4. The molecule has 1 rings (SSSR count).